The van der Waals surface area contributed by atoms with E-state index in [1.807, 2.05) is 0 Å². The Bertz CT molecular complexity index is 835. The van der Waals surface area contributed by atoms with Crippen molar-refractivity contribution < 1.29 is 5.11 Å². The first-order valence-electron chi connectivity index (χ1n) is 10.4. The van der Waals surface area contributed by atoms with Crippen LogP contribution in [0, 0.1) is 0 Å². The van der Waals surface area contributed by atoms with Crippen molar-refractivity contribution in [3.63, 3.8) is 0 Å². The molecule has 0 aromatic heterocycles. The fraction of sp³-hybridized carbons (Fsp3) is 0.435. The van der Waals surface area contributed by atoms with Crippen LogP contribution in [-0.4, -0.2) is 54.8 Å². The van der Waals surface area contributed by atoms with Crippen molar-refractivity contribution in [3.8, 4) is 0 Å². The van der Waals surface area contributed by atoms with Crippen molar-refractivity contribution in [2.24, 2.45) is 4.99 Å². The van der Waals surface area contributed by atoms with Gasteiger partial charge >= 0.3 is 0 Å². The third-order valence-electron chi connectivity index (χ3n) is 5.61. The van der Waals surface area contributed by atoms with Crippen LogP contribution in [0.3, 0.4) is 0 Å². The van der Waals surface area contributed by atoms with Crippen LogP contribution >= 0.6 is 0 Å². The number of fused-ring (bicyclic) bond motifs is 2. The Morgan fingerprint density at radius 2 is 1.75 bits per heavy atom. The molecule has 4 rings (SSSR count). The number of para-hydroxylation sites is 1. The Morgan fingerprint density at radius 1 is 1.04 bits per heavy atom. The average molecular weight is 379 g/mol. The van der Waals surface area contributed by atoms with E-state index in [2.05, 4.69) is 70.6 Å². The molecule has 2 aliphatic rings. The van der Waals surface area contributed by atoms with Gasteiger partial charge in [0.2, 0.25) is 0 Å². The van der Waals surface area contributed by atoms with Crippen LogP contribution in [0.25, 0.3) is 0 Å². The lowest BCUT2D eigenvalue weighted by Crippen LogP contribution is -2.42. The van der Waals surface area contributed by atoms with E-state index in [9.17, 15) is 5.11 Å². The molecule has 5 heteroatoms. The van der Waals surface area contributed by atoms with Crippen molar-refractivity contribution in [1.29, 1.82) is 0 Å². The first kappa shape index (κ1) is 19.0. The zero-order valence-corrected chi connectivity index (χ0v) is 16.6. The molecule has 2 aromatic carbocycles. The summed E-state index contributed by atoms with van der Waals surface area (Å²) in [6.07, 6.45) is 1.63. The van der Waals surface area contributed by atoms with E-state index in [1.165, 1.54) is 22.4 Å². The molecule has 2 N–H and O–H groups in total. The summed E-state index contributed by atoms with van der Waals surface area (Å²) in [4.78, 5) is 9.33. The van der Waals surface area contributed by atoms with Gasteiger partial charge in [0.25, 0.3) is 0 Å². The molecule has 1 unspecified atom stereocenters. The average Bonchev–Trinajstić information content (AvgIpc) is 3.15. The smallest absolute Gasteiger partial charge is 0.198 e. The van der Waals surface area contributed by atoms with E-state index in [4.69, 9.17) is 4.99 Å². The lowest BCUT2D eigenvalue weighted by Gasteiger charge is -2.30. The highest BCUT2D eigenvalue weighted by molar-refractivity contribution is 5.97. The van der Waals surface area contributed by atoms with Gasteiger partial charge in [0, 0.05) is 38.4 Å². The number of aliphatic hydroxyl groups excluding tert-OH is 1. The molecular weight excluding hydrogens is 348 g/mol. The first-order valence-corrected chi connectivity index (χ1v) is 10.4. The molecule has 2 aliphatic heterocycles. The maximum absolute atomic E-state index is 10.6. The van der Waals surface area contributed by atoms with Crippen molar-refractivity contribution in [2.45, 2.75) is 32.4 Å². The van der Waals surface area contributed by atoms with Crippen LogP contribution in [0.2, 0.25) is 0 Å². The molecule has 0 fully saturated rings. The maximum Gasteiger partial charge on any atom is 0.198 e. The van der Waals surface area contributed by atoms with Gasteiger partial charge in [-0.05, 0) is 42.5 Å². The Balaban J connectivity index is 1.38. The molecular formula is C23H30N4O. The van der Waals surface area contributed by atoms with Gasteiger partial charge in [-0.2, -0.15) is 0 Å². The number of benzene rings is 2. The summed E-state index contributed by atoms with van der Waals surface area (Å²) in [7, 11) is 0. The number of anilines is 1. The third-order valence-corrected chi connectivity index (χ3v) is 5.61. The topological polar surface area (TPSA) is 51.1 Å². The minimum atomic E-state index is -0.461. The maximum atomic E-state index is 10.6. The van der Waals surface area contributed by atoms with Gasteiger partial charge in [-0.3, -0.25) is 9.89 Å². The predicted octanol–water partition coefficient (Wildman–Crippen LogP) is 2.43. The minimum absolute atomic E-state index is 0.416. The third kappa shape index (κ3) is 4.21. The zero-order valence-electron chi connectivity index (χ0n) is 16.6. The monoisotopic (exact) mass is 378 g/mol. The van der Waals surface area contributed by atoms with E-state index in [1.54, 1.807) is 0 Å². The number of hydrogen-bond donors (Lipinski definition) is 2. The molecule has 0 bridgehead atoms. The van der Waals surface area contributed by atoms with E-state index >= 15 is 0 Å². The Labute approximate surface area is 167 Å². The molecule has 28 heavy (non-hydrogen) atoms. The van der Waals surface area contributed by atoms with Gasteiger partial charge in [-0.1, -0.05) is 42.5 Å². The Morgan fingerprint density at radius 3 is 2.57 bits per heavy atom. The van der Waals surface area contributed by atoms with Crippen LogP contribution < -0.4 is 10.2 Å². The highest BCUT2D eigenvalue weighted by Crippen LogP contribution is 2.27. The quantitative estimate of drug-likeness (QED) is 0.620. The normalized spacial score (nSPS) is 17.9. The predicted molar refractivity (Wildman–Crippen MR) is 115 cm³/mol. The number of nitrogens with one attached hydrogen (secondary N) is 1. The summed E-state index contributed by atoms with van der Waals surface area (Å²) in [6.45, 7) is 6.82. The minimum Gasteiger partial charge on any atom is -0.390 e. The van der Waals surface area contributed by atoms with Crippen molar-refractivity contribution in [2.75, 3.05) is 37.6 Å². The lowest BCUT2D eigenvalue weighted by molar-refractivity contribution is 0.112. The molecule has 1 atom stereocenters. The van der Waals surface area contributed by atoms with Gasteiger partial charge < -0.3 is 15.3 Å². The molecule has 0 saturated heterocycles. The molecule has 0 radical (unpaired) electrons. The van der Waals surface area contributed by atoms with Gasteiger partial charge in [0.1, 0.15) is 0 Å². The van der Waals surface area contributed by atoms with E-state index in [-0.39, 0.29) is 0 Å². The molecule has 0 aliphatic carbocycles. The largest absolute Gasteiger partial charge is 0.390 e. The SMILES string of the molecule is CCNC(=NCC(O)CN1CCc2ccccc2C1)N1CCc2ccccc21. The fourth-order valence-corrected chi connectivity index (χ4v) is 4.21. The van der Waals surface area contributed by atoms with Crippen LogP contribution in [0.1, 0.15) is 23.6 Å². The number of aliphatic hydroxyl groups is 1. The number of rotatable bonds is 5. The second kappa shape index (κ2) is 8.76. The number of hydrogen-bond acceptors (Lipinski definition) is 3. The van der Waals surface area contributed by atoms with Crippen LogP contribution in [0.5, 0.6) is 0 Å². The Hall–Kier alpha value is -2.37. The fourth-order valence-electron chi connectivity index (χ4n) is 4.21. The second-order valence-electron chi connectivity index (χ2n) is 7.63. The van der Waals surface area contributed by atoms with Crippen molar-refractivity contribution in [1.82, 2.24) is 10.2 Å². The van der Waals surface area contributed by atoms with E-state index in [0.29, 0.717) is 13.1 Å². The van der Waals surface area contributed by atoms with Gasteiger partial charge in [0.05, 0.1) is 12.6 Å². The highest BCUT2D eigenvalue weighted by Gasteiger charge is 2.23. The number of aliphatic imine (C=N–C) groups is 1. The van der Waals surface area contributed by atoms with E-state index < -0.39 is 6.10 Å². The summed E-state index contributed by atoms with van der Waals surface area (Å²) in [5.41, 5.74) is 5.41. The van der Waals surface area contributed by atoms with Crippen LogP contribution in [0.4, 0.5) is 5.69 Å². The number of β-amino-alcohol motifs (C(OH)–C–C–N with tert-alkyl or cyclic N) is 1. The number of guanidine groups is 1. The first-order chi connectivity index (χ1) is 13.7. The molecule has 0 amide bonds. The standard InChI is InChI=1S/C23H30N4O/c1-2-24-23(27-14-12-19-8-5-6-10-22(19)27)25-15-21(28)17-26-13-11-18-7-3-4-9-20(18)16-26/h3-10,21,28H,2,11-17H2,1H3,(H,24,25). The van der Waals surface area contributed by atoms with Crippen molar-refractivity contribution in [3.05, 3.63) is 65.2 Å². The summed E-state index contributed by atoms with van der Waals surface area (Å²) in [5, 5.41) is 14.0. The second-order valence-corrected chi connectivity index (χ2v) is 7.63. The molecule has 5 nitrogen and oxygen atoms in total. The van der Waals surface area contributed by atoms with Gasteiger partial charge in [-0.15, -0.1) is 0 Å². The molecule has 0 spiro atoms. The summed E-state index contributed by atoms with van der Waals surface area (Å²) in [5.74, 6) is 0.871. The summed E-state index contributed by atoms with van der Waals surface area (Å²) < 4.78 is 0. The van der Waals surface area contributed by atoms with E-state index in [0.717, 1.165) is 45.0 Å². The van der Waals surface area contributed by atoms with Crippen molar-refractivity contribution >= 4 is 11.6 Å². The lowest BCUT2D eigenvalue weighted by atomic mass is 10.00. The summed E-state index contributed by atoms with van der Waals surface area (Å²) >= 11 is 0. The molecule has 2 aromatic rings. The van der Waals surface area contributed by atoms with Gasteiger partial charge in [-0.25, -0.2) is 0 Å². The molecule has 148 valence electrons. The zero-order chi connectivity index (χ0) is 19.3. The number of nitrogens with zero attached hydrogens (tertiary/aromatic N) is 3. The highest BCUT2D eigenvalue weighted by atomic mass is 16.3. The van der Waals surface area contributed by atoms with Crippen LogP contribution in [0.15, 0.2) is 53.5 Å². The molecule has 0 saturated carbocycles. The van der Waals surface area contributed by atoms with Gasteiger partial charge in [0.15, 0.2) is 5.96 Å². The molecule has 2 heterocycles. The summed E-state index contributed by atoms with van der Waals surface area (Å²) in [6, 6.07) is 17.1. The Kier molecular flexibility index (Phi) is 5.93. The van der Waals surface area contributed by atoms with Crippen LogP contribution in [-0.2, 0) is 19.4 Å².